The third-order valence-electron chi connectivity index (χ3n) is 3.80. The van der Waals surface area contributed by atoms with Gasteiger partial charge in [0.05, 0.1) is 0 Å². The van der Waals surface area contributed by atoms with Gasteiger partial charge in [-0.25, -0.2) is 0 Å². The van der Waals surface area contributed by atoms with Crippen molar-refractivity contribution in [3.63, 3.8) is 0 Å². The molecule has 0 amide bonds. The average molecular weight is 638 g/mol. The third-order valence-corrected chi connectivity index (χ3v) is 3.80. The standard InChI is InChI=1S/2C14H10.2CHO.4CO.2Fe/c2*1-3-7-13(8-4-1)11-12-14-9-5-2-6-10-14;6*1-2;;/h2*1-10H;2*1H;;;;;;/q;;2*-1;;;;;;+2. The predicted molar refractivity (Wildman–Crippen MR) is 144 cm³/mol. The van der Waals surface area contributed by atoms with Gasteiger partial charge in [0, 0.05) is 17.1 Å². The summed E-state index contributed by atoms with van der Waals surface area (Å²) in [4.78, 5) is 15.5. The van der Waals surface area contributed by atoms with E-state index in [2.05, 4.69) is 64.5 Å². The molecule has 0 heterocycles. The molecule has 4 aromatic carbocycles. The quantitative estimate of drug-likeness (QED) is 0.0927. The molecule has 0 unspecified atom stereocenters. The van der Waals surface area contributed by atoms with Crippen molar-refractivity contribution >= 4 is 13.6 Å². The SMILES string of the molecule is [C-]#[O+].[C-]#[O+].[C-]#[O+].[C-]#[O+].[CH-]=O.[CH-]=O.[C](=[C]c1ccccc1)c1ccccc1.[C](=[C]c1ccccc1)c1ccccc1.[Fe+2].[Fe]. The molecule has 42 heavy (non-hydrogen) atoms. The molecule has 0 bridgehead atoms. The van der Waals surface area contributed by atoms with Gasteiger partial charge in [0.15, 0.2) is 0 Å². The minimum atomic E-state index is 0. The first kappa shape index (κ1) is 50.5. The van der Waals surface area contributed by atoms with Crippen LogP contribution in [0.3, 0.4) is 0 Å². The molecule has 8 heteroatoms. The Morgan fingerprint density at radius 3 is 0.595 bits per heavy atom. The topological polar surface area (TPSA) is 114 Å². The molecule has 0 saturated heterocycles. The molecule has 0 aromatic heterocycles. The van der Waals surface area contributed by atoms with Crippen LogP contribution in [0.1, 0.15) is 22.3 Å². The molecule has 0 N–H and O–H groups in total. The fourth-order valence-corrected chi connectivity index (χ4v) is 2.37. The first-order valence-corrected chi connectivity index (χ1v) is 10.4. The van der Waals surface area contributed by atoms with Crippen molar-refractivity contribution in [3.05, 3.63) is 194 Å². The van der Waals surface area contributed by atoms with E-state index in [0.717, 1.165) is 22.3 Å². The first-order chi connectivity index (χ1) is 19.9. The largest absolute Gasteiger partial charge is 2.00 e. The second-order valence-electron chi connectivity index (χ2n) is 5.96. The number of rotatable bonds is 4. The Kier molecular flexibility index (Phi) is 56.0. The van der Waals surface area contributed by atoms with Crippen LogP contribution in [-0.2, 0) is 62.3 Å². The zero-order chi connectivity index (χ0) is 31.3. The Labute approximate surface area is 269 Å². The summed E-state index contributed by atoms with van der Waals surface area (Å²) in [6, 6.07) is 40.0. The number of carbonyl (C=O) groups excluding carboxylic acids is 2. The van der Waals surface area contributed by atoms with Crippen molar-refractivity contribution in [2.24, 2.45) is 0 Å². The van der Waals surface area contributed by atoms with Gasteiger partial charge in [-0.15, -0.1) is 0 Å². The van der Waals surface area contributed by atoms with Gasteiger partial charge in [-0.05, 0) is 46.6 Å². The molecular weight excluding hydrogens is 616 g/mol. The van der Waals surface area contributed by atoms with Crippen LogP contribution in [0.15, 0.2) is 121 Å². The van der Waals surface area contributed by atoms with E-state index in [1.54, 1.807) is 0 Å². The Morgan fingerprint density at radius 1 is 0.357 bits per heavy atom. The normalized spacial score (nSPS) is 7.43. The second kappa shape index (κ2) is 46.5. The smallest absolute Gasteiger partial charge is 0.545 e. The van der Waals surface area contributed by atoms with E-state index in [-0.39, 0.29) is 34.1 Å². The molecule has 4 rings (SSSR count). The van der Waals surface area contributed by atoms with Gasteiger partial charge in [-0.2, -0.15) is 0 Å². The van der Waals surface area contributed by atoms with Crippen molar-refractivity contribution in [1.82, 2.24) is 0 Å². The summed E-state index contributed by atoms with van der Waals surface area (Å²) in [6.07, 6.45) is 12.4. The maximum Gasteiger partial charge on any atom is 2.00 e. The Hall–Kier alpha value is -4.30. The van der Waals surface area contributed by atoms with E-state index in [9.17, 15) is 0 Å². The van der Waals surface area contributed by atoms with E-state index in [1.807, 2.05) is 121 Å². The van der Waals surface area contributed by atoms with Crippen LogP contribution < -0.4 is 0 Å². The molecule has 6 nitrogen and oxygen atoms in total. The van der Waals surface area contributed by atoms with E-state index < -0.39 is 0 Å². The van der Waals surface area contributed by atoms with Gasteiger partial charge in [-0.3, -0.25) is 13.6 Å². The summed E-state index contributed by atoms with van der Waals surface area (Å²) in [6.45, 7) is 24.5. The average Bonchev–Trinajstić information content (AvgIpc) is 3.10. The molecule has 0 spiro atoms. The minimum absolute atomic E-state index is 0. The van der Waals surface area contributed by atoms with Crippen LogP contribution in [-0.4, -0.2) is 13.6 Å². The van der Waals surface area contributed by atoms with Crippen molar-refractivity contribution < 1.29 is 62.3 Å². The molecule has 210 valence electrons. The molecule has 0 fully saturated rings. The third kappa shape index (κ3) is 30.2. The number of benzene rings is 4. The Morgan fingerprint density at radius 2 is 0.476 bits per heavy atom. The molecule has 0 aliphatic heterocycles. The van der Waals surface area contributed by atoms with E-state index in [4.69, 9.17) is 28.2 Å². The second-order valence-corrected chi connectivity index (χ2v) is 5.96. The number of hydrogen-bond acceptors (Lipinski definition) is 2. The van der Waals surface area contributed by atoms with Crippen LogP contribution in [0, 0.1) is 50.9 Å². The zero-order valence-corrected chi connectivity index (χ0v) is 24.1. The predicted octanol–water partition coefficient (Wildman–Crippen LogP) is 5.79. The van der Waals surface area contributed by atoms with Crippen LogP contribution in [0.2, 0.25) is 0 Å². The van der Waals surface area contributed by atoms with Gasteiger partial charge in [0.2, 0.25) is 0 Å². The molecule has 0 aliphatic rings. The van der Waals surface area contributed by atoms with Crippen molar-refractivity contribution in [2.75, 3.05) is 0 Å². The summed E-state index contributed by atoms with van der Waals surface area (Å²) < 4.78 is 30.0. The van der Waals surface area contributed by atoms with E-state index >= 15 is 0 Å². The minimum Gasteiger partial charge on any atom is -0.545 e. The Balaban J connectivity index is -0.000000110. The maximum absolute atomic E-state index is 7.75. The molecule has 4 radical (unpaired) electrons. The van der Waals surface area contributed by atoms with Gasteiger partial charge in [0.25, 0.3) is 0 Å². The monoisotopic (exact) mass is 638 g/mol. The van der Waals surface area contributed by atoms with Crippen LogP contribution in [0.4, 0.5) is 0 Å². The molecule has 0 atom stereocenters. The van der Waals surface area contributed by atoms with Gasteiger partial charge < -0.3 is 9.59 Å². The summed E-state index contributed by atoms with van der Waals surface area (Å²) in [5, 5.41) is 0. The van der Waals surface area contributed by atoms with Crippen LogP contribution in [0.5, 0.6) is 0 Å². The fraction of sp³-hybridized carbons (Fsp3) is 0. The molecule has 0 aliphatic carbocycles. The summed E-state index contributed by atoms with van der Waals surface area (Å²) in [5.74, 6) is 0. The van der Waals surface area contributed by atoms with Gasteiger partial charge in [0.1, 0.15) is 0 Å². The van der Waals surface area contributed by atoms with Crippen LogP contribution in [0.25, 0.3) is 0 Å². The van der Waals surface area contributed by atoms with Gasteiger partial charge in [-0.1, -0.05) is 121 Å². The van der Waals surface area contributed by atoms with Crippen molar-refractivity contribution in [1.29, 1.82) is 0 Å². The van der Waals surface area contributed by atoms with E-state index in [1.165, 1.54) is 0 Å². The van der Waals surface area contributed by atoms with Crippen LogP contribution >= 0.6 is 0 Å². The fourth-order valence-electron chi connectivity index (χ4n) is 2.37. The summed E-state index contributed by atoms with van der Waals surface area (Å²) in [5.41, 5.74) is 4.21. The first-order valence-electron chi connectivity index (χ1n) is 10.4. The van der Waals surface area contributed by atoms with Crippen molar-refractivity contribution in [2.45, 2.75) is 0 Å². The maximum atomic E-state index is 7.75. The molecular formula is C34H22Fe2O6. The zero-order valence-electron chi connectivity index (χ0n) is 21.9. The summed E-state index contributed by atoms with van der Waals surface area (Å²) in [7, 11) is 0. The molecule has 4 aromatic rings. The number of hydrogen-bond donors (Lipinski definition) is 0. The summed E-state index contributed by atoms with van der Waals surface area (Å²) >= 11 is 0. The Bertz CT molecular complexity index is 1010. The van der Waals surface area contributed by atoms with Crippen molar-refractivity contribution in [3.8, 4) is 0 Å². The van der Waals surface area contributed by atoms with E-state index in [0.29, 0.717) is 0 Å². The van der Waals surface area contributed by atoms with Gasteiger partial charge >= 0.3 is 62.3 Å². The molecule has 0 saturated carbocycles.